The van der Waals surface area contributed by atoms with E-state index in [9.17, 15) is 4.79 Å². The molecule has 0 bridgehead atoms. The molecule has 0 fully saturated rings. The number of carbonyl (C=O) groups is 1. The molecule has 1 aromatic rings. The molecule has 5 heteroatoms. The van der Waals surface area contributed by atoms with Gasteiger partial charge in [0.05, 0.1) is 12.7 Å². The minimum atomic E-state index is -0.284. The Bertz CT molecular complexity index is 435. The first-order chi connectivity index (χ1) is 8.39. The van der Waals surface area contributed by atoms with Gasteiger partial charge >= 0.3 is 0 Å². The minimum absolute atomic E-state index is 0.180. The number of carbonyl (C=O) groups excluding carboxylic acids is 1. The van der Waals surface area contributed by atoms with E-state index in [0.29, 0.717) is 16.3 Å². The molecular weight excluding hydrogens is 318 g/mol. The van der Waals surface area contributed by atoms with Crippen LogP contribution in [0.15, 0.2) is 18.2 Å². The van der Waals surface area contributed by atoms with Crippen molar-refractivity contribution in [2.24, 2.45) is 0 Å². The third-order valence-electron chi connectivity index (χ3n) is 2.58. The molecule has 0 radical (unpaired) electrons. The van der Waals surface area contributed by atoms with E-state index in [2.05, 4.69) is 21.2 Å². The number of benzene rings is 1. The van der Waals surface area contributed by atoms with E-state index < -0.39 is 0 Å². The maximum Gasteiger partial charge on any atom is 0.255 e. The van der Waals surface area contributed by atoms with Crippen molar-refractivity contribution in [3.63, 3.8) is 0 Å². The highest BCUT2D eigenvalue weighted by molar-refractivity contribution is 9.09. The third-order valence-corrected chi connectivity index (χ3v) is 3.21. The van der Waals surface area contributed by atoms with Crippen molar-refractivity contribution in [1.29, 1.82) is 0 Å². The zero-order valence-corrected chi connectivity index (χ0v) is 13.1. The van der Waals surface area contributed by atoms with Crippen LogP contribution in [0.2, 0.25) is 5.02 Å². The molecule has 1 amide bonds. The van der Waals surface area contributed by atoms with Crippen LogP contribution in [-0.2, 0) is 0 Å². The highest BCUT2D eigenvalue weighted by Crippen LogP contribution is 2.23. The standard InChI is InChI=1S/C13H17BrClNO2/c1-13(2,6-7-14)16-12(17)10-8-9(15)4-5-11(10)18-3/h4-5,8H,6-7H2,1-3H3,(H,16,17). The fourth-order valence-corrected chi connectivity index (χ4v) is 2.69. The van der Waals surface area contributed by atoms with Gasteiger partial charge in [-0.3, -0.25) is 4.79 Å². The van der Waals surface area contributed by atoms with Gasteiger partial charge in [0, 0.05) is 15.9 Å². The van der Waals surface area contributed by atoms with Gasteiger partial charge in [0.15, 0.2) is 0 Å². The Hall–Kier alpha value is -0.740. The molecule has 0 atom stereocenters. The Labute approximate surface area is 121 Å². The molecule has 0 spiro atoms. The quantitative estimate of drug-likeness (QED) is 0.835. The van der Waals surface area contributed by atoms with Gasteiger partial charge in [-0.25, -0.2) is 0 Å². The topological polar surface area (TPSA) is 38.3 Å². The lowest BCUT2D eigenvalue weighted by molar-refractivity contribution is 0.0909. The van der Waals surface area contributed by atoms with Gasteiger partial charge < -0.3 is 10.1 Å². The van der Waals surface area contributed by atoms with Crippen molar-refractivity contribution >= 4 is 33.4 Å². The number of hydrogen-bond donors (Lipinski definition) is 1. The largest absolute Gasteiger partial charge is 0.496 e. The van der Waals surface area contributed by atoms with Gasteiger partial charge in [0.25, 0.3) is 5.91 Å². The highest BCUT2D eigenvalue weighted by atomic mass is 79.9. The first-order valence-electron chi connectivity index (χ1n) is 5.61. The average Bonchev–Trinajstić information content (AvgIpc) is 2.28. The predicted octanol–water partition coefficient (Wildman–Crippen LogP) is 3.64. The molecule has 0 saturated carbocycles. The summed E-state index contributed by atoms with van der Waals surface area (Å²) in [5.41, 5.74) is 0.168. The number of nitrogens with one attached hydrogen (secondary N) is 1. The van der Waals surface area contributed by atoms with Crippen LogP contribution < -0.4 is 10.1 Å². The molecule has 100 valence electrons. The van der Waals surface area contributed by atoms with Gasteiger partial charge in [-0.1, -0.05) is 27.5 Å². The van der Waals surface area contributed by atoms with E-state index >= 15 is 0 Å². The molecule has 1 rings (SSSR count). The van der Waals surface area contributed by atoms with Crippen LogP contribution >= 0.6 is 27.5 Å². The van der Waals surface area contributed by atoms with Crippen molar-refractivity contribution in [2.45, 2.75) is 25.8 Å². The van der Waals surface area contributed by atoms with Crippen LogP contribution in [0.1, 0.15) is 30.6 Å². The molecule has 18 heavy (non-hydrogen) atoms. The summed E-state index contributed by atoms with van der Waals surface area (Å²) >= 11 is 9.28. The Morgan fingerprint density at radius 2 is 2.17 bits per heavy atom. The summed E-state index contributed by atoms with van der Waals surface area (Å²) in [5.74, 6) is 0.340. The number of alkyl halides is 1. The Morgan fingerprint density at radius 3 is 2.72 bits per heavy atom. The van der Waals surface area contributed by atoms with Crippen LogP contribution in [0.5, 0.6) is 5.75 Å². The number of amides is 1. The second-order valence-electron chi connectivity index (χ2n) is 4.62. The number of ether oxygens (including phenoxy) is 1. The van der Waals surface area contributed by atoms with Gasteiger partial charge in [-0.15, -0.1) is 0 Å². The normalized spacial score (nSPS) is 11.2. The van der Waals surface area contributed by atoms with Crippen molar-refractivity contribution < 1.29 is 9.53 Å². The molecule has 0 heterocycles. The smallest absolute Gasteiger partial charge is 0.255 e. The first kappa shape index (κ1) is 15.3. The molecule has 1 aromatic carbocycles. The lowest BCUT2D eigenvalue weighted by Gasteiger charge is -2.25. The number of hydrogen-bond acceptors (Lipinski definition) is 2. The third kappa shape index (κ3) is 4.18. The van der Waals surface area contributed by atoms with E-state index in [1.165, 1.54) is 7.11 Å². The fourth-order valence-electron chi connectivity index (χ4n) is 1.53. The predicted molar refractivity (Wildman–Crippen MR) is 78.0 cm³/mol. The number of halogens is 2. The van der Waals surface area contributed by atoms with E-state index in [-0.39, 0.29) is 11.4 Å². The maximum absolute atomic E-state index is 12.2. The van der Waals surface area contributed by atoms with Crippen molar-refractivity contribution in [2.75, 3.05) is 12.4 Å². The van der Waals surface area contributed by atoms with Crippen molar-refractivity contribution in [3.8, 4) is 5.75 Å². The molecule has 3 nitrogen and oxygen atoms in total. The molecule has 0 aromatic heterocycles. The average molecular weight is 335 g/mol. The summed E-state index contributed by atoms with van der Waals surface area (Å²) in [6.45, 7) is 3.95. The van der Waals surface area contributed by atoms with Gasteiger partial charge in [-0.05, 0) is 38.5 Å². The zero-order valence-electron chi connectivity index (χ0n) is 10.7. The second kappa shape index (κ2) is 6.43. The van der Waals surface area contributed by atoms with E-state index in [1.807, 2.05) is 13.8 Å². The zero-order chi connectivity index (χ0) is 13.8. The molecule has 0 unspecified atom stereocenters. The minimum Gasteiger partial charge on any atom is -0.496 e. The monoisotopic (exact) mass is 333 g/mol. The van der Waals surface area contributed by atoms with Gasteiger partial charge in [-0.2, -0.15) is 0 Å². The summed E-state index contributed by atoms with van der Waals surface area (Å²) in [6.07, 6.45) is 0.835. The Kier molecular flexibility index (Phi) is 5.47. The number of methoxy groups -OCH3 is 1. The number of rotatable bonds is 5. The maximum atomic E-state index is 12.2. The van der Waals surface area contributed by atoms with Crippen LogP contribution in [0, 0.1) is 0 Å². The summed E-state index contributed by atoms with van der Waals surface area (Å²) < 4.78 is 5.17. The van der Waals surface area contributed by atoms with Gasteiger partial charge in [0.1, 0.15) is 5.75 Å². The van der Waals surface area contributed by atoms with E-state index in [1.54, 1.807) is 18.2 Å². The summed E-state index contributed by atoms with van der Waals surface area (Å²) in [6, 6.07) is 5.00. The Balaban J connectivity index is 2.93. The molecule has 0 saturated heterocycles. The van der Waals surface area contributed by atoms with Crippen molar-refractivity contribution in [3.05, 3.63) is 28.8 Å². The molecule has 0 aliphatic rings. The second-order valence-corrected chi connectivity index (χ2v) is 5.85. The van der Waals surface area contributed by atoms with Crippen LogP contribution in [-0.4, -0.2) is 23.9 Å². The first-order valence-corrected chi connectivity index (χ1v) is 7.11. The molecule has 0 aliphatic carbocycles. The summed E-state index contributed by atoms with van der Waals surface area (Å²) in [5, 5.41) is 4.31. The van der Waals surface area contributed by atoms with Crippen LogP contribution in [0.4, 0.5) is 0 Å². The fraction of sp³-hybridized carbons (Fsp3) is 0.462. The van der Waals surface area contributed by atoms with Crippen molar-refractivity contribution in [1.82, 2.24) is 5.32 Å². The Morgan fingerprint density at radius 1 is 1.50 bits per heavy atom. The van der Waals surface area contributed by atoms with Crippen LogP contribution in [0.25, 0.3) is 0 Å². The van der Waals surface area contributed by atoms with Gasteiger partial charge in [0.2, 0.25) is 0 Å². The van der Waals surface area contributed by atoms with E-state index in [0.717, 1.165) is 11.8 Å². The highest BCUT2D eigenvalue weighted by Gasteiger charge is 2.22. The molecule has 1 N–H and O–H groups in total. The summed E-state index contributed by atoms with van der Waals surface area (Å²) in [7, 11) is 1.53. The molecular formula is C13H17BrClNO2. The van der Waals surface area contributed by atoms with E-state index in [4.69, 9.17) is 16.3 Å². The summed E-state index contributed by atoms with van der Waals surface area (Å²) in [4.78, 5) is 12.2. The lowest BCUT2D eigenvalue weighted by atomic mass is 10.0. The van der Waals surface area contributed by atoms with Crippen LogP contribution in [0.3, 0.4) is 0 Å². The lowest BCUT2D eigenvalue weighted by Crippen LogP contribution is -2.43. The molecule has 0 aliphatic heterocycles. The SMILES string of the molecule is COc1ccc(Cl)cc1C(=O)NC(C)(C)CCBr.